The van der Waals surface area contributed by atoms with Crippen molar-refractivity contribution < 1.29 is 4.79 Å². The number of nitrogens with one attached hydrogen (secondary N) is 1. The lowest BCUT2D eigenvalue weighted by Crippen LogP contribution is -2.36. The molecule has 0 radical (unpaired) electrons. The lowest BCUT2D eigenvalue weighted by molar-refractivity contribution is -0.130. The van der Waals surface area contributed by atoms with Gasteiger partial charge in [0.1, 0.15) is 0 Å². The number of benzene rings is 1. The van der Waals surface area contributed by atoms with Gasteiger partial charge in [0.25, 0.3) is 0 Å². The minimum absolute atomic E-state index is 0.142. The fourth-order valence-corrected chi connectivity index (χ4v) is 1.44. The predicted octanol–water partition coefficient (Wildman–Crippen LogP) is 1.25. The summed E-state index contributed by atoms with van der Waals surface area (Å²) in [6.07, 6.45) is 0. The summed E-state index contributed by atoms with van der Waals surface area (Å²) < 4.78 is 0. The van der Waals surface area contributed by atoms with E-state index in [1.807, 2.05) is 42.2 Å². The van der Waals surface area contributed by atoms with Crippen LogP contribution in [0.4, 0.5) is 0 Å². The Hall–Kier alpha value is -1.35. The maximum absolute atomic E-state index is 11.6. The molecule has 0 unspecified atom stereocenters. The van der Waals surface area contributed by atoms with Gasteiger partial charge in [-0.05, 0) is 19.5 Å². The van der Waals surface area contributed by atoms with E-state index in [2.05, 4.69) is 5.32 Å². The van der Waals surface area contributed by atoms with Crippen molar-refractivity contribution in [2.45, 2.75) is 13.5 Å². The molecular formula is C12H18N2O. The van der Waals surface area contributed by atoms with Gasteiger partial charge in [-0.15, -0.1) is 0 Å². The molecule has 3 heteroatoms. The summed E-state index contributed by atoms with van der Waals surface area (Å²) in [7, 11) is 1.79. The van der Waals surface area contributed by atoms with Crippen LogP contribution in [0.1, 0.15) is 12.5 Å². The number of amides is 1. The molecule has 0 bridgehead atoms. The second-order valence-electron chi connectivity index (χ2n) is 3.42. The van der Waals surface area contributed by atoms with Gasteiger partial charge in [0.05, 0.1) is 6.54 Å². The van der Waals surface area contributed by atoms with Crippen molar-refractivity contribution in [3.05, 3.63) is 35.9 Å². The average molecular weight is 206 g/mol. The number of carbonyl (C=O) groups is 1. The first-order valence-electron chi connectivity index (χ1n) is 5.24. The van der Waals surface area contributed by atoms with Crippen LogP contribution in [0.25, 0.3) is 0 Å². The zero-order valence-electron chi connectivity index (χ0n) is 9.36. The summed E-state index contributed by atoms with van der Waals surface area (Å²) in [4.78, 5) is 13.5. The van der Waals surface area contributed by atoms with Gasteiger partial charge in [0.2, 0.25) is 5.91 Å². The van der Waals surface area contributed by atoms with Gasteiger partial charge in [-0.3, -0.25) is 4.79 Å². The van der Waals surface area contributed by atoms with E-state index >= 15 is 0 Å². The smallest absolute Gasteiger partial charge is 0.236 e. The largest absolute Gasteiger partial charge is 0.338 e. The normalized spacial score (nSPS) is 10.0. The van der Waals surface area contributed by atoms with Crippen LogP contribution in [-0.2, 0) is 11.3 Å². The van der Waals surface area contributed by atoms with Gasteiger partial charge in [-0.25, -0.2) is 0 Å². The topological polar surface area (TPSA) is 32.3 Å². The summed E-state index contributed by atoms with van der Waals surface area (Å²) in [5.41, 5.74) is 1.17. The van der Waals surface area contributed by atoms with Crippen LogP contribution < -0.4 is 5.32 Å². The fraction of sp³-hybridized carbons (Fsp3) is 0.417. The molecule has 1 N–H and O–H groups in total. The molecule has 0 aromatic heterocycles. The molecule has 1 aromatic carbocycles. The highest BCUT2D eigenvalue weighted by Gasteiger charge is 2.10. The highest BCUT2D eigenvalue weighted by molar-refractivity contribution is 5.78. The van der Waals surface area contributed by atoms with Gasteiger partial charge in [-0.1, -0.05) is 30.3 Å². The Kier molecular flexibility index (Phi) is 4.84. The Balaban J connectivity index is 2.58. The molecule has 0 fully saturated rings. The van der Waals surface area contributed by atoms with Crippen molar-refractivity contribution in [1.29, 1.82) is 0 Å². The summed E-state index contributed by atoms with van der Waals surface area (Å²) in [6.45, 7) is 3.84. The van der Waals surface area contributed by atoms with Crippen LogP contribution in [0.2, 0.25) is 0 Å². The lowest BCUT2D eigenvalue weighted by atomic mass is 10.2. The molecule has 0 spiro atoms. The molecule has 1 amide bonds. The van der Waals surface area contributed by atoms with Crippen LogP contribution in [-0.4, -0.2) is 30.9 Å². The van der Waals surface area contributed by atoms with E-state index in [1.54, 1.807) is 7.05 Å². The van der Waals surface area contributed by atoms with Crippen LogP contribution in [0.15, 0.2) is 30.3 Å². The SMILES string of the molecule is CCN(Cc1ccccc1)C(=O)CNC. The molecule has 3 nitrogen and oxygen atoms in total. The molecule has 0 heterocycles. The van der Waals surface area contributed by atoms with E-state index in [0.29, 0.717) is 13.1 Å². The summed E-state index contributed by atoms with van der Waals surface area (Å²) >= 11 is 0. The standard InChI is InChI=1S/C12H18N2O/c1-3-14(12(15)9-13-2)10-11-7-5-4-6-8-11/h4-8,13H,3,9-10H2,1-2H3. The van der Waals surface area contributed by atoms with Crippen molar-refractivity contribution in [1.82, 2.24) is 10.2 Å². The first kappa shape index (κ1) is 11.7. The highest BCUT2D eigenvalue weighted by Crippen LogP contribution is 2.03. The maximum atomic E-state index is 11.6. The molecule has 1 aromatic rings. The number of hydrogen-bond donors (Lipinski definition) is 1. The minimum Gasteiger partial charge on any atom is -0.338 e. The van der Waals surface area contributed by atoms with Gasteiger partial charge in [0, 0.05) is 13.1 Å². The van der Waals surface area contributed by atoms with Gasteiger partial charge < -0.3 is 10.2 Å². The third-order valence-corrected chi connectivity index (χ3v) is 2.28. The molecule has 0 aliphatic rings. The number of carbonyl (C=O) groups excluding carboxylic acids is 1. The van der Waals surface area contributed by atoms with E-state index in [9.17, 15) is 4.79 Å². The van der Waals surface area contributed by atoms with Crippen molar-refractivity contribution in [2.24, 2.45) is 0 Å². The molecule has 1 rings (SSSR count). The monoisotopic (exact) mass is 206 g/mol. The summed E-state index contributed by atoms with van der Waals surface area (Å²) in [6, 6.07) is 10.0. The van der Waals surface area contributed by atoms with E-state index in [-0.39, 0.29) is 5.91 Å². The van der Waals surface area contributed by atoms with Crippen LogP contribution in [0.3, 0.4) is 0 Å². The highest BCUT2D eigenvalue weighted by atomic mass is 16.2. The van der Waals surface area contributed by atoms with E-state index in [1.165, 1.54) is 5.56 Å². The Morgan fingerprint density at radius 3 is 2.53 bits per heavy atom. The van der Waals surface area contributed by atoms with Gasteiger partial charge >= 0.3 is 0 Å². The zero-order valence-corrected chi connectivity index (χ0v) is 9.36. The Morgan fingerprint density at radius 2 is 2.00 bits per heavy atom. The summed E-state index contributed by atoms with van der Waals surface area (Å²) in [5, 5.41) is 2.88. The molecular weight excluding hydrogens is 188 g/mol. The average Bonchev–Trinajstić information content (AvgIpc) is 2.27. The molecule has 0 atom stereocenters. The Bertz CT molecular complexity index is 298. The third-order valence-electron chi connectivity index (χ3n) is 2.28. The molecule has 0 aliphatic heterocycles. The predicted molar refractivity (Wildman–Crippen MR) is 61.5 cm³/mol. The minimum atomic E-state index is 0.142. The quantitative estimate of drug-likeness (QED) is 0.786. The third kappa shape index (κ3) is 3.72. The first-order chi connectivity index (χ1) is 7.27. The summed E-state index contributed by atoms with van der Waals surface area (Å²) in [5.74, 6) is 0.142. The van der Waals surface area contributed by atoms with Crippen LogP contribution >= 0.6 is 0 Å². The maximum Gasteiger partial charge on any atom is 0.236 e. The second kappa shape index (κ2) is 6.19. The first-order valence-corrected chi connectivity index (χ1v) is 5.24. The molecule has 0 saturated carbocycles. The van der Waals surface area contributed by atoms with Crippen molar-refractivity contribution in [3.63, 3.8) is 0 Å². The molecule has 82 valence electrons. The fourth-order valence-electron chi connectivity index (χ4n) is 1.44. The lowest BCUT2D eigenvalue weighted by Gasteiger charge is -2.20. The van der Waals surface area contributed by atoms with Crippen LogP contribution in [0.5, 0.6) is 0 Å². The number of hydrogen-bond acceptors (Lipinski definition) is 2. The zero-order chi connectivity index (χ0) is 11.1. The number of rotatable bonds is 5. The van der Waals surface area contributed by atoms with E-state index < -0.39 is 0 Å². The van der Waals surface area contributed by atoms with Crippen molar-refractivity contribution in [3.8, 4) is 0 Å². The van der Waals surface area contributed by atoms with Crippen LogP contribution in [0, 0.1) is 0 Å². The van der Waals surface area contributed by atoms with E-state index in [0.717, 1.165) is 6.54 Å². The van der Waals surface area contributed by atoms with Crippen molar-refractivity contribution >= 4 is 5.91 Å². The van der Waals surface area contributed by atoms with Crippen molar-refractivity contribution in [2.75, 3.05) is 20.1 Å². The molecule has 15 heavy (non-hydrogen) atoms. The van der Waals surface area contributed by atoms with Gasteiger partial charge in [0.15, 0.2) is 0 Å². The second-order valence-corrected chi connectivity index (χ2v) is 3.42. The number of nitrogens with zero attached hydrogens (tertiary/aromatic N) is 1. The van der Waals surface area contributed by atoms with Gasteiger partial charge in [-0.2, -0.15) is 0 Å². The number of likely N-dealkylation sites (N-methyl/N-ethyl adjacent to an activating group) is 2. The molecule has 0 saturated heterocycles. The van der Waals surface area contributed by atoms with E-state index in [4.69, 9.17) is 0 Å². The molecule has 0 aliphatic carbocycles. The Labute approximate surface area is 91.1 Å². The Morgan fingerprint density at radius 1 is 1.33 bits per heavy atom.